The maximum atomic E-state index is 11.6. The predicted octanol–water partition coefficient (Wildman–Crippen LogP) is 1.31. The number of carbonyl (C=O) groups is 1. The van der Waals surface area contributed by atoms with Gasteiger partial charge in [-0.25, -0.2) is 4.98 Å². The summed E-state index contributed by atoms with van der Waals surface area (Å²) in [5, 5.41) is 2.72. The molecular formula is C10H14BrN3O. The molecule has 0 aromatic carbocycles. The van der Waals surface area contributed by atoms with Crippen LogP contribution in [0, 0.1) is 0 Å². The molecule has 0 aliphatic carbocycles. The van der Waals surface area contributed by atoms with Crippen molar-refractivity contribution in [1.29, 1.82) is 0 Å². The molecule has 1 rings (SSSR count). The van der Waals surface area contributed by atoms with Gasteiger partial charge in [-0.1, -0.05) is 0 Å². The van der Waals surface area contributed by atoms with Gasteiger partial charge in [-0.15, -0.1) is 0 Å². The molecule has 3 N–H and O–H groups in total. The highest BCUT2D eigenvalue weighted by atomic mass is 79.9. The lowest BCUT2D eigenvalue weighted by atomic mass is 10.1. The SMILES string of the molecule is CC(C)(N)CNC(=O)c1ccc(Br)cn1. The minimum Gasteiger partial charge on any atom is -0.349 e. The number of pyridine rings is 1. The second-order valence-corrected chi connectivity index (χ2v) is 4.95. The molecule has 0 radical (unpaired) electrons. The van der Waals surface area contributed by atoms with Crippen LogP contribution in [0.1, 0.15) is 24.3 Å². The van der Waals surface area contributed by atoms with Crippen LogP contribution in [-0.4, -0.2) is 23.0 Å². The zero-order valence-corrected chi connectivity index (χ0v) is 10.3. The molecule has 1 aromatic heterocycles. The first-order valence-electron chi connectivity index (χ1n) is 4.57. The molecule has 0 saturated carbocycles. The highest BCUT2D eigenvalue weighted by Gasteiger charge is 2.13. The third kappa shape index (κ3) is 4.40. The molecule has 5 heteroatoms. The van der Waals surface area contributed by atoms with Gasteiger partial charge in [0.15, 0.2) is 0 Å². The van der Waals surface area contributed by atoms with E-state index in [1.807, 2.05) is 13.8 Å². The number of amides is 1. The van der Waals surface area contributed by atoms with E-state index in [-0.39, 0.29) is 5.91 Å². The Morgan fingerprint density at radius 2 is 2.27 bits per heavy atom. The highest BCUT2D eigenvalue weighted by molar-refractivity contribution is 9.10. The van der Waals surface area contributed by atoms with Gasteiger partial charge in [-0.2, -0.15) is 0 Å². The van der Waals surface area contributed by atoms with E-state index in [1.54, 1.807) is 18.3 Å². The second-order valence-electron chi connectivity index (χ2n) is 4.03. The summed E-state index contributed by atoms with van der Waals surface area (Å²) < 4.78 is 0.846. The zero-order chi connectivity index (χ0) is 11.5. The van der Waals surface area contributed by atoms with Crippen molar-refractivity contribution in [1.82, 2.24) is 10.3 Å². The molecule has 0 atom stereocenters. The lowest BCUT2D eigenvalue weighted by molar-refractivity contribution is 0.0941. The Bertz CT molecular complexity index is 343. The monoisotopic (exact) mass is 271 g/mol. The van der Waals surface area contributed by atoms with Crippen LogP contribution in [0.15, 0.2) is 22.8 Å². The first-order valence-corrected chi connectivity index (χ1v) is 5.36. The van der Waals surface area contributed by atoms with E-state index in [0.717, 1.165) is 4.47 Å². The van der Waals surface area contributed by atoms with Crippen LogP contribution in [0.5, 0.6) is 0 Å². The zero-order valence-electron chi connectivity index (χ0n) is 8.75. The lowest BCUT2D eigenvalue weighted by Gasteiger charge is -2.18. The summed E-state index contributed by atoms with van der Waals surface area (Å²) in [6, 6.07) is 3.43. The number of nitrogens with two attached hydrogens (primary N) is 1. The minimum absolute atomic E-state index is 0.207. The average Bonchev–Trinajstić information content (AvgIpc) is 2.14. The Kier molecular flexibility index (Phi) is 3.82. The summed E-state index contributed by atoms with van der Waals surface area (Å²) in [5.74, 6) is -0.207. The second kappa shape index (κ2) is 4.72. The molecule has 4 nitrogen and oxygen atoms in total. The lowest BCUT2D eigenvalue weighted by Crippen LogP contribution is -2.45. The van der Waals surface area contributed by atoms with Gasteiger partial charge in [0.25, 0.3) is 5.91 Å². The van der Waals surface area contributed by atoms with Crippen LogP contribution >= 0.6 is 15.9 Å². The molecular weight excluding hydrogens is 258 g/mol. The Hall–Kier alpha value is -0.940. The van der Waals surface area contributed by atoms with E-state index >= 15 is 0 Å². The fourth-order valence-electron chi connectivity index (χ4n) is 0.909. The number of nitrogens with one attached hydrogen (secondary N) is 1. The third-order valence-electron chi connectivity index (χ3n) is 1.66. The molecule has 1 heterocycles. The number of hydrogen-bond acceptors (Lipinski definition) is 3. The first kappa shape index (κ1) is 12.1. The fraction of sp³-hybridized carbons (Fsp3) is 0.400. The molecule has 0 aliphatic heterocycles. The van der Waals surface area contributed by atoms with E-state index in [0.29, 0.717) is 12.2 Å². The van der Waals surface area contributed by atoms with Gasteiger partial charge in [0, 0.05) is 22.8 Å². The van der Waals surface area contributed by atoms with Crippen molar-refractivity contribution in [2.75, 3.05) is 6.54 Å². The van der Waals surface area contributed by atoms with Crippen molar-refractivity contribution in [2.45, 2.75) is 19.4 Å². The fourth-order valence-corrected chi connectivity index (χ4v) is 1.14. The van der Waals surface area contributed by atoms with Crippen LogP contribution in [-0.2, 0) is 0 Å². The molecule has 0 aliphatic rings. The maximum Gasteiger partial charge on any atom is 0.269 e. The van der Waals surface area contributed by atoms with Crippen LogP contribution < -0.4 is 11.1 Å². The molecule has 1 amide bonds. The van der Waals surface area contributed by atoms with E-state index in [1.165, 1.54) is 0 Å². The molecule has 15 heavy (non-hydrogen) atoms. The topological polar surface area (TPSA) is 68.0 Å². The summed E-state index contributed by atoms with van der Waals surface area (Å²) in [6.45, 7) is 4.12. The third-order valence-corrected chi connectivity index (χ3v) is 2.13. The van der Waals surface area contributed by atoms with Crippen molar-refractivity contribution in [3.05, 3.63) is 28.5 Å². The number of rotatable bonds is 3. The Balaban J connectivity index is 2.58. The minimum atomic E-state index is -0.412. The highest BCUT2D eigenvalue weighted by Crippen LogP contribution is 2.07. The van der Waals surface area contributed by atoms with E-state index in [4.69, 9.17) is 5.73 Å². The Labute approximate surface area is 97.4 Å². The molecule has 82 valence electrons. The standard InChI is InChI=1S/C10H14BrN3O/c1-10(2,12)6-14-9(15)8-4-3-7(11)5-13-8/h3-5H,6,12H2,1-2H3,(H,14,15). The maximum absolute atomic E-state index is 11.6. The molecule has 0 unspecified atom stereocenters. The number of hydrogen-bond donors (Lipinski definition) is 2. The largest absolute Gasteiger partial charge is 0.349 e. The number of nitrogens with zero attached hydrogens (tertiary/aromatic N) is 1. The van der Waals surface area contributed by atoms with E-state index in [9.17, 15) is 4.79 Å². The van der Waals surface area contributed by atoms with Gasteiger partial charge in [0.1, 0.15) is 5.69 Å². The van der Waals surface area contributed by atoms with Crippen molar-refractivity contribution < 1.29 is 4.79 Å². The van der Waals surface area contributed by atoms with Crippen LogP contribution in [0.2, 0.25) is 0 Å². The summed E-state index contributed by atoms with van der Waals surface area (Å²) in [5.41, 5.74) is 5.72. The van der Waals surface area contributed by atoms with Crippen LogP contribution in [0.3, 0.4) is 0 Å². The molecule has 1 aromatic rings. The smallest absolute Gasteiger partial charge is 0.269 e. The van der Waals surface area contributed by atoms with Crippen LogP contribution in [0.25, 0.3) is 0 Å². The van der Waals surface area contributed by atoms with Crippen molar-refractivity contribution >= 4 is 21.8 Å². The van der Waals surface area contributed by atoms with Gasteiger partial charge in [0.05, 0.1) is 0 Å². The van der Waals surface area contributed by atoms with Gasteiger partial charge < -0.3 is 11.1 Å². The van der Waals surface area contributed by atoms with Crippen LogP contribution in [0.4, 0.5) is 0 Å². The number of carbonyl (C=O) groups excluding carboxylic acids is 1. The molecule has 0 spiro atoms. The van der Waals surface area contributed by atoms with Gasteiger partial charge in [-0.3, -0.25) is 4.79 Å². The summed E-state index contributed by atoms with van der Waals surface area (Å²) in [7, 11) is 0. The van der Waals surface area contributed by atoms with E-state index in [2.05, 4.69) is 26.2 Å². The van der Waals surface area contributed by atoms with Gasteiger partial charge in [0.2, 0.25) is 0 Å². The Morgan fingerprint density at radius 3 is 2.73 bits per heavy atom. The summed E-state index contributed by atoms with van der Waals surface area (Å²) in [6.07, 6.45) is 1.59. The van der Waals surface area contributed by atoms with Gasteiger partial charge >= 0.3 is 0 Å². The van der Waals surface area contributed by atoms with Crippen molar-refractivity contribution in [3.63, 3.8) is 0 Å². The summed E-state index contributed by atoms with van der Waals surface area (Å²) >= 11 is 3.25. The average molecular weight is 272 g/mol. The van der Waals surface area contributed by atoms with Gasteiger partial charge in [-0.05, 0) is 41.9 Å². The quantitative estimate of drug-likeness (QED) is 0.871. The summed E-state index contributed by atoms with van der Waals surface area (Å²) in [4.78, 5) is 15.5. The van der Waals surface area contributed by atoms with E-state index < -0.39 is 5.54 Å². The predicted molar refractivity (Wildman–Crippen MR) is 62.5 cm³/mol. The molecule has 0 fully saturated rings. The van der Waals surface area contributed by atoms with Crippen molar-refractivity contribution in [2.24, 2.45) is 5.73 Å². The van der Waals surface area contributed by atoms with Crippen molar-refractivity contribution in [3.8, 4) is 0 Å². The first-order chi connectivity index (χ1) is 6.88. The number of aromatic nitrogens is 1. The Morgan fingerprint density at radius 1 is 1.60 bits per heavy atom. The molecule has 0 bridgehead atoms. The molecule has 0 saturated heterocycles. The normalized spacial score (nSPS) is 11.2. The number of halogens is 1.